The molecule has 0 spiro atoms. The number of hydrogen-bond acceptors (Lipinski definition) is 4. The third-order valence-electron chi connectivity index (χ3n) is 3.04. The molecule has 0 saturated heterocycles. The van der Waals surface area contributed by atoms with E-state index in [0.29, 0.717) is 41.0 Å². The molecule has 20 heavy (non-hydrogen) atoms. The first-order chi connectivity index (χ1) is 9.58. The third-order valence-corrected chi connectivity index (χ3v) is 3.40. The molecule has 2 aromatic rings. The molecule has 1 aliphatic rings. The topological polar surface area (TPSA) is 84.4 Å². The van der Waals surface area contributed by atoms with Crippen LogP contribution in [0, 0.1) is 6.92 Å². The number of aryl methyl sites for hydroxylation is 1. The molecule has 7 heteroatoms. The number of nitrogens with zero attached hydrogens (tertiary/aromatic N) is 1. The second-order valence-corrected chi connectivity index (χ2v) is 4.76. The van der Waals surface area contributed by atoms with E-state index >= 15 is 0 Å². The van der Waals surface area contributed by atoms with Gasteiger partial charge >= 0.3 is 5.97 Å². The van der Waals surface area contributed by atoms with Gasteiger partial charge in [-0.1, -0.05) is 11.6 Å². The van der Waals surface area contributed by atoms with E-state index in [-0.39, 0.29) is 5.69 Å². The molecule has 1 aliphatic heterocycles. The van der Waals surface area contributed by atoms with Crippen molar-refractivity contribution < 1.29 is 19.4 Å². The molecule has 104 valence electrons. The van der Waals surface area contributed by atoms with Gasteiger partial charge in [0.25, 0.3) is 0 Å². The van der Waals surface area contributed by atoms with Crippen LogP contribution in [0.2, 0.25) is 5.02 Å². The summed E-state index contributed by atoms with van der Waals surface area (Å²) in [4.78, 5) is 10.9. The van der Waals surface area contributed by atoms with E-state index in [1.807, 2.05) is 13.0 Å². The van der Waals surface area contributed by atoms with E-state index in [1.165, 1.54) is 6.07 Å². The number of hydrogen-bond donors (Lipinski definition) is 2. The minimum absolute atomic E-state index is 0.00496. The van der Waals surface area contributed by atoms with E-state index in [0.717, 1.165) is 5.56 Å². The fourth-order valence-electron chi connectivity index (χ4n) is 2.14. The number of rotatable bonds is 2. The second kappa shape index (κ2) is 4.72. The maximum absolute atomic E-state index is 10.9. The summed E-state index contributed by atoms with van der Waals surface area (Å²) in [6.45, 7) is 2.76. The minimum atomic E-state index is -1.07. The lowest BCUT2D eigenvalue weighted by Gasteiger charge is -2.21. The number of aromatic carboxylic acids is 1. The molecular weight excluding hydrogens is 284 g/mol. The van der Waals surface area contributed by atoms with Crippen molar-refractivity contribution in [2.75, 3.05) is 13.2 Å². The Morgan fingerprint density at radius 3 is 2.85 bits per heavy atom. The second-order valence-electron chi connectivity index (χ2n) is 4.38. The molecule has 0 unspecified atom stereocenters. The van der Waals surface area contributed by atoms with Gasteiger partial charge in [-0.15, -0.1) is 0 Å². The maximum atomic E-state index is 10.9. The van der Waals surface area contributed by atoms with Crippen LogP contribution in [-0.4, -0.2) is 34.5 Å². The summed E-state index contributed by atoms with van der Waals surface area (Å²) in [5.74, 6) is -0.00930. The average Bonchev–Trinajstić information content (AvgIpc) is 2.88. The smallest absolute Gasteiger partial charge is 0.353 e. The van der Waals surface area contributed by atoms with E-state index in [4.69, 9.17) is 26.2 Å². The number of carboxylic acids is 1. The number of carboxylic acid groups (broad SMARTS) is 1. The summed E-state index contributed by atoms with van der Waals surface area (Å²) in [5.41, 5.74) is 1.94. The zero-order chi connectivity index (χ0) is 14.3. The number of carbonyl (C=O) groups is 1. The van der Waals surface area contributed by atoms with E-state index < -0.39 is 5.97 Å². The normalized spacial score (nSPS) is 13.3. The molecule has 0 fully saturated rings. The molecule has 0 atom stereocenters. The maximum Gasteiger partial charge on any atom is 0.353 e. The van der Waals surface area contributed by atoms with Gasteiger partial charge in [0.15, 0.2) is 11.5 Å². The van der Waals surface area contributed by atoms with Crippen LogP contribution in [0.25, 0.3) is 11.3 Å². The number of halogens is 1. The van der Waals surface area contributed by atoms with Gasteiger partial charge in [-0.2, -0.15) is 5.10 Å². The number of fused-ring (bicyclic) bond motifs is 1. The molecule has 6 nitrogen and oxygen atoms in total. The molecule has 0 saturated carbocycles. The zero-order valence-corrected chi connectivity index (χ0v) is 11.3. The Bertz CT molecular complexity index is 696. The minimum Gasteiger partial charge on any atom is -0.486 e. The molecule has 2 heterocycles. The number of ether oxygens (including phenoxy) is 2. The van der Waals surface area contributed by atoms with Crippen molar-refractivity contribution >= 4 is 17.6 Å². The molecule has 0 aliphatic carbocycles. The van der Waals surface area contributed by atoms with Gasteiger partial charge in [0, 0.05) is 5.56 Å². The number of benzene rings is 1. The van der Waals surface area contributed by atoms with Crippen LogP contribution >= 0.6 is 11.6 Å². The lowest BCUT2D eigenvalue weighted by Crippen LogP contribution is -2.16. The Labute approximate surface area is 119 Å². The summed E-state index contributed by atoms with van der Waals surface area (Å²) in [6.07, 6.45) is 0. The van der Waals surface area contributed by atoms with Crippen LogP contribution in [0.5, 0.6) is 11.5 Å². The van der Waals surface area contributed by atoms with Crippen LogP contribution in [0.3, 0.4) is 0 Å². The first kappa shape index (κ1) is 12.8. The first-order valence-corrected chi connectivity index (χ1v) is 6.33. The van der Waals surface area contributed by atoms with Crippen LogP contribution in [-0.2, 0) is 0 Å². The van der Waals surface area contributed by atoms with Crippen LogP contribution < -0.4 is 9.47 Å². The first-order valence-electron chi connectivity index (χ1n) is 5.95. The SMILES string of the molecule is Cc1cc2c(c(Cl)c1-c1cc(C(=O)O)[nH]n1)OCCO2. The molecule has 2 N–H and O–H groups in total. The number of aromatic amines is 1. The van der Waals surface area contributed by atoms with Gasteiger partial charge in [0.2, 0.25) is 0 Å². The molecule has 1 aromatic carbocycles. The summed E-state index contributed by atoms with van der Waals surface area (Å²) in [5, 5.41) is 15.8. The van der Waals surface area contributed by atoms with Crippen molar-refractivity contribution in [2.24, 2.45) is 0 Å². The predicted molar refractivity (Wildman–Crippen MR) is 71.7 cm³/mol. The molecule has 0 bridgehead atoms. The third kappa shape index (κ3) is 1.98. The highest BCUT2D eigenvalue weighted by Crippen LogP contribution is 2.45. The van der Waals surface area contributed by atoms with Crippen molar-refractivity contribution in [3.05, 3.63) is 28.4 Å². The van der Waals surface area contributed by atoms with Gasteiger partial charge in [0.1, 0.15) is 18.9 Å². The number of aromatic nitrogens is 2. The van der Waals surface area contributed by atoms with Crippen molar-refractivity contribution in [1.29, 1.82) is 0 Å². The van der Waals surface area contributed by atoms with Crippen molar-refractivity contribution in [1.82, 2.24) is 10.2 Å². The van der Waals surface area contributed by atoms with Gasteiger partial charge in [-0.3, -0.25) is 5.10 Å². The lowest BCUT2D eigenvalue weighted by molar-refractivity contribution is 0.0690. The number of H-pyrrole nitrogens is 1. The Morgan fingerprint density at radius 2 is 2.15 bits per heavy atom. The van der Waals surface area contributed by atoms with E-state index in [9.17, 15) is 4.79 Å². The summed E-state index contributed by atoms with van der Waals surface area (Å²) in [7, 11) is 0. The van der Waals surface area contributed by atoms with E-state index in [2.05, 4.69) is 10.2 Å². The van der Waals surface area contributed by atoms with Crippen molar-refractivity contribution in [3.63, 3.8) is 0 Å². The van der Waals surface area contributed by atoms with Crippen LogP contribution in [0.4, 0.5) is 0 Å². The van der Waals surface area contributed by atoms with E-state index in [1.54, 1.807) is 0 Å². The molecule has 1 aromatic heterocycles. The Balaban J connectivity index is 2.15. The predicted octanol–water partition coefficient (Wildman–Crippen LogP) is 2.51. The lowest BCUT2D eigenvalue weighted by atomic mass is 10.0. The average molecular weight is 295 g/mol. The molecule has 0 amide bonds. The summed E-state index contributed by atoms with van der Waals surface area (Å²) < 4.78 is 11.0. The van der Waals surface area contributed by atoms with Crippen molar-refractivity contribution in [3.8, 4) is 22.8 Å². The molecule has 3 rings (SSSR count). The van der Waals surface area contributed by atoms with Crippen molar-refractivity contribution in [2.45, 2.75) is 6.92 Å². The summed E-state index contributed by atoms with van der Waals surface area (Å²) >= 11 is 6.35. The zero-order valence-electron chi connectivity index (χ0n) is 10.6. The van der Waals surface area contributed by atoms with Crippen LogP contribution in [0.1, 0.15) is 16.1 Å². The largest absolute Gasteiger partial charge is 0.486 e. The molecular formula is C13H11ClN2O4. The Kier molecular flexibility index (Phi) is 3.02. The highest BCUT2D eigenvalue weighted by molar-refractivity contribution is 6.35. The fraction of sp³-hybridized carbons (Fsp3) is 0.231. The fourth-order valence-corrected chi connectivity index (χ4v) is 2.53. The highest BCUT2D eigenvalue weighted by Gasteiger charge is 2.23. The van der Waals surface area contributed by atoms with Crippen LogP contribution in [0.15, 0.2) is 12.1 Å². The monoisotopic (exact) mass is 294 g/mol. The Hall–Kier alpha value is -2.21. The van der Waals surface area contributed by atoms with Gasteiger partial charge in [0.05, 0.1) is 10.7 Å². The Morgan fingerprint density at radius 1 is 1.40 bits per heavy atom. The highest BCUT2D eigenvalue weighted by atomic mass is 35.5. The van der Waals surface area contributed by atoms with Gasteiger partial charge in [-0.25, -0.2) is 4.79 Å². The van der Waals surface area contributed by atoms with Gasteiger partial charge < -0.3 is 14.6 Å². The number of nitrogens with one attached hydrogen (secondary N) is 1. The quantitative estimate of drug-likeness (QED) is 0.889. The molecule has 0 radical (unpaired) electrons. The van der Waals surface area contributed by atoms with Gasteiger partial charge in [-0.05, 0) is 24.6 Å². The summed E-state index contributed by atoms with van der Waals surface area (Å²) in [6, 6.07) is 3.25. The standard InChI is InChI=1S/C13H11ClN2O4/c1-6-4-9-12(20-3-2-19-9)11(14)10(6)7-5-8(13(17)18)16-15-7/h4-5H,2-3H2,1H3,(H,15,16)(H,17,18).